The smallest absolute Gasteiger partial charge is 0.322 e. The Balaban J connectivity index is 2.09. The third-order valence-electron chi connectivity index (χ3n) is 2.98. The monoisotopic (exact) mass is 286 g/mol. The first kappa shape index (κ1) is 14.3. The average Bonchev–Trinajstić information content (AvgIpc) is 2.37. The minimum absolute atomic E-state index is 0.00513. The molecule has 0 aliphatic carbocycles. The van der Waals surface area contributed by atoms with Gasteiger partial charge in [0.05, 0.1) is 12.2 Å². The van der Waals surface area contributed by atoms with Crippen molar-refractivity contribution in [3.63, 3.8) is 0 Å². The Morgan fingerprint density at radius 1 is 1.21 bits per heavy atom. The minimum atomic E-state index is 0.00513. The Kier molecular flexibility index (Phi) is 4.76. The van der Waals surface area contributed by atoms with Crippen LogP contribution in [0.1, 0.15) is 26.7 Å². The summed E-state index contributed by atoms with van der Waals surface area (Å²) in [5.74, 6) is 0.574. The van der Waals surface area contributed by atoms with Crippen LogP contribution in [0.25, 0.3) is 0 Å². The highest BCUT2D eigenvalue weighted by Crippen LogP contribution is 2.21. The molecule has 1 aromatic rings. The molecular weight excluding hydrogens is 268 g/mol. The number of anilines is 1. The molecule has 1 aliphatic rings. The molecule has 0 unspecified atom stereocenters. The first-order chi connectivity index (χ1) is 9.08. The first-order valence-corrected chi connectivity index (χ1v) is 6.82. The van der Waals surface area contributed by atoms with Gasteiger partial charge in [0.2, 0.25) is 11.2 Å². The van der Waals surface area contributed by atoms with E-state index in [1.54, 1.807) is 7.11 Å². The van der Waals surface area contributed by atoms with Gasteiger partial charge in [0, 0.05) is 20.2 Å². The van der Waals surface area contributed by atoms with Gasteiger partial charge in [0.1, 0.15) is 0 Å². The maximum atomic E-state index is 5.92. The lowest BCUT2D eigenvalue weighted by Gasteiger charge is -2.31. The lowest BCUT2D eigenvalue weighted by Crippen LogP contribution is -2.37. The zero-order chi connectivity index (χ0) is 13.8. The van der Waals surface area contributed by atoms with Crippen molar-refractivity contribution in [3.8, 4) is 6.01 Å². The molecule has 2 heterocycles. The molecule has 1 saturated heterocycles. The Morgan fingerprint density at radius 2 is 1.89 bits per heavy atom. The fourth-order valence-electron chi connectivity index (χ4n) is 2.02. The van der Waals surface area contributed by atoms with E-state index in [9.17, 15) is 0 Å². The van der Waals surface area contributed by atoms with Crippen molar-refractivity contribution >= 4 is 17.5 Å². The van der Waals surface area contributed by atoms with Crippen LogP contribution in [-0.4, -0.2) is 47.4 Å². The Bertz CT molecular complexity index is 422. The second kappa shape index (κ2) is 6.34. The quantitative estimate of drug-likeness (QED) is 0.843. The molecule has 106 valence electrons. The summed E-state index contributed by atoms with van der Waals surface area (Å²) in [5.41, 5.74) is 0. The standard InChI is InChI=1S/C12H19ClN4O2/c1-8(2)19-12-15-10(13)14-11(16-12)17-6-4-9(18-3)5-7-17/h8-9H,4-7H2,1-3H3. The first-order valence-electron chi connectivity index (χ1n) is 6.44. The van der Waals surface area contributed by atoms with Gasteiger partial charge < -0.3 is 14.4 Å². The predicted molar refractivity (Wildman–Crippen MR) is 72.8 cm³/mol. The van der Waals surface area contributed by atoms with Crippen LogP contribution in [0.5, 0.6) is 6.01 Å². The van der Waals surface area contributed by atoms with E-state index < -0.39 is 0 Å². The van der Waals surface area contributed by atoms with Crippen LogP contribution in [0.3, 0.4) is 0 Å². The molecule has 1 aliphatic heterocycles. The van der Waals surface area contributed by atoms with Crippen molar-refractivity contribution in [1.29, 1.82) is 0 Å². The summed E-state index contributed by atoms with van der Waals surface area (Å²) in [6.45, 7) is 5.53. The second-order valence-electron chi connectivity index (χ2n) is 4.78. The molecule has 0 spiro atoms. The zero-order valence-corrected chi connectivity index (χ0v) is 12.2. The van der Waals surface area contributed by atoms with Crippen molar-refractivity contribution < 1.29 is 9.47 Å². The summed E-state index contributed by atoms with van der Waals surface area (Å²) < 4.78 is 10.8. The maximum Gasteiger partial charge on any atom is 0.322 e. The molecule has 0 aromatic carbocycles. The van der Waals surface area contributed by atoms with Gasteiger partial charge in [0.15, 0.2) is 0 Å². The van der Waals surface area contributed by atoms with Crippen LogP contribution in [0.2, 0.25) is 5.28 Å². The van der Waals surface area contributed by atoms with Crippen molar-refractivity contribution in [1.82, 2.24) is 15.0 Å². The summed E-state index contributed by atoms with van der Waals surface area (Å²) in [4.78, 5) is 14.5. The van der Waals surface area contributed by atoms with Gasteiger partial charge in [-0.3, -0.25) is 0 Å². The fraction of sp³-hybridized carbons (Fsp3) is 0.750. The van der Waals surface area contributed by atoms with E-state index in [1.807, 2.05) is 13.8 Å². The molecule has 1 aromatic heterocycles. The number of hydrogen-bond acceptors (Lipinski definition) is 6. The summed E-state index contributed by atoms with van der Waals surface area (Å²) in [6.07, 6.45) is 2.24. The third kappa shape index (κ3) is 3.91. The molecule has 2 rings (SSSR count). The number of nitrogens with zero attached hydrogens (tertiary/aromatic N) is 4. The van der Waals surface area contributed by atoms with Gasteiger partial charge in [-0.2, -0.15) is 15.0 Å². The molecule has 6 nitrogen and oxygen atoms in total. The number of aromatic nitrogens is 3. The van der Waals surface area contributed by atoms with Crippen LogP contribution in [-0.2, 0) is 4.74 Å². The molecule has 0 amide bonds. The zero-order valence-electron chi connectivity index (χ0n) is 11.5. The molecule has 0 saturated carbocycles. The van der Waals surface area contributed by atoms with Crippen molar-refractivity contribution in [3.05, 3.63) is 5.28 Å². The number of methoxy groups -OCH3 is 1. The SMILES string of the molecule is COC1CCN(c2nc(Cl)nc(OC(C)C)n2)CC1. The normalized spacial score (nSPS) is 17.0. The van der Waals surface area contributed by atoms with Gasteiger partial charge in [-0.05, 0) is 38.3 Å². The molecule has 7 heteroatoms. The third-order valence-corrected chi connectivity index (χ3v) is 3.14. The molecule has 1 fully saturated rings. The average molecular weight is 287 g/mol. The molecule has 0 bridgehead atoms. The van der Waals surface area contributed by atoms with E-state index in [-0.39, 0.29) is 17.4 Å². The van der Waals surface area contributed by atoms with Gasteiger partial charge >= 0.3 is 6.01 Å². The topological polar surface area (TPSA) is 60.4 Å². The van der Waals surface area contributed by atoms with E-state index in [2.05, 4.69) is 19.9 Å². The van der Waals surface area contributed by atoms with E-state index in [4.69, 9.17) is 21.1 Å². The summed E-state index contributed by atoms with van der Waals surface area (Å²) in [7, 11) is 1.74. The summed E-state index contributed by atoms with van der Waals surface area (Å²) in [6, 6.07) is 0.277. The number of piperidine rings is 1. The number of ether oxygens (including phenoxy) is 2. The molecule has 19 heavy (non-hydrogen) atoms. The maximum absolute atomic E-state index is 5.92. The highest BCUT2D eigenvalue weighted by molar-refractivity contribution is 6.28. The van der Waals surface area contributed by atoms with Crippen LogP contribution in [0, 0.1) is 0 Å². The number of halogens is 1. The molecular formula is C12H19ClN4O2. The fourth-order valence-corrected chi connectivity index (χ4v) is 2.17. The van der Waals surface area contributed by atoms with Gasteiger partial charge in [-0.1, -0.05) is 0 Å². The van der Waals surface area contributed by atoms with Gasteiger partial charge in [0.25, 0.3) is 0 Å². The van der Waals surface area contributed by atoms with Gasteiger partial charge in [-0.15, -0.1) is 0 Å². The van der Waals surface area contributed by atoms with Crippen LogP contribution < -0.4 is 9.64 Å². The number of hydrogen-bond donors (Lipinski definition) is 0. The van der Waals surface area contributed by atoms with Crippen LogP contribution in [0.4, 0.5) is 5.95 Å². The van der Waals surface area contributed by atoms with E-state index >= 15 is 0 Å². The van der Waals surface area contributed by atoms with Gasteiger partial charge in [-0.25, -0.2) is 0 Å². The van der Waals surface area contributed by atoms with Crippen LogP contribution >= 0.6 is 11.6 Å². The minimum Gasteiger partial charge on any atom is -0.461 e. The van der Waals surface area contributed by atoms with Crippen molar-refractivity contribution in [2.45, 2.75) is 38.9 Å². The van der Waals surface area contributed by atoms with E-state index in [0.29, 0.717) is 12.1 Å². The lowest BCUT2D eigenvalue weighted by atomic mass is 10.1. The Labute approximate surface area is 118 Å². The number of rotatable bonds is 4. The summed E-state index contributed by atoms with van der Waals surface area (Å²) in [5, 5.41) is 0.162. The largest absolute Gasteiger partial charge is 0.461 e. The lowest BCUT2D eigenvalue weighted by molar-refractivity contribution is 0.0816. The molecule has 0 atom stereocenters. The predicted octanol–water partition coefficient (Wildman–Crippen LogP) is 1.93. The molecule has 0 N–H and O–H groups in total. The van der Waals surface area contributed by atoms with Crippen molar-refractivity contribution in [2.75, 3.05) is 25.1 Å². The van der Waals surface area contributed by atoms with E-state index in [1.165, 1.54) is 0 Å². The van der Waals surface area contributed by atoms with E-state index in [0.717, 1.165) is 25.9 Å². The Hall–Kier alpha value is -1.14. The highest BCUT2D eigenvalue weighted by Gasteiger charge is 2.22. The second-order valence-corrected chi connectivity index (χ2v) is 5.11. The van der Waals surface area contributed by atoms with Crippen LogP contribution in [0.15, 0.2) is 0 Å². The molecule has 0 radical (unpaired) electrons. The highest BCUT2D eigenvalue weighted by atomic mass is 35.5. The van der Waals surface area contributed by atoms with Crippen molar-refractivity contribution in [2.24, 2.45) is 0 Å². The Morgan fingerprint density at radius 3 is 2.47 bits per heavy atom. The summed E-state index contributed by atoms with van der Waals surface area (Å²) >= 11 is 5.92.